The van der Waals surface area contributed by atoms with Crippen LogP contribution in [0.15, 0.2) is 47.6 Å². The van der Waals surface area contributed by atoms with Crippen molar-refractivity contribution in [2.45, 2.75) is 0 Å². The fourth-order valence-electron chi connectivity index (χ4n) is 1.96. The summed E-state index contributed by atoms with van der Waals surface area (Å²) in [6.45, 7) is 0. The maximum Gasteiger partial charge on any atom is 0.328 e. The second-order valence-electron chi connectivity index (χ2n) is 4.99. The Balaban J connectivity index is 1.77. The third-order valence-electron chi connectivity index (χ3n) is 3.21. The summed E-state index contributed by atoms with van der Waals surface area (Å²) in [4.78, 5) is 8.29. The molecule has 0 amide bonds. The van der Waals surface area contributed by atoms with Crippen molar-refractivity contribution in [2.24, 2.45) is 5.10 Å². The number of nitrogens with zero attached hydrogens (tertiary/aromatic N) is 5. The zero-order valence-corrected chi connectivity index (χ0v) is 15.2. The first-order valence-corrected chi connectivity index (χ1v) is 8.08. The Morgan fingerprint density at radius 3 is 2.41 bits per heavy atom. The minimum absolute atomic E-state index is 0.0866. The maximum atomic E-state index is 5.77. The lowest BCUT2D eigenvalue weighted by Crippen LogP contribution is -2.00. The van der Waals surface area contributed by atoms with Crippen molar-refractivity contribution in [1.82, 2.24) is 20.2 Å². The Hall–Kier alpha value is -3.46. The van der Waals surface area contributed by atoms with Gasteiger partial charge in [-0.15, -0.1) is 10.2 Å². The van der Waals surface area contributed by atoms with Gasteiger partial charge in [0, 0.05) is 5.56 Å². The normalized spacial score (nSPS) is 10.6. The first-order chi connectivity index (χ1) is 13.2. The molecule has 3 rings (SSSR count). The maximum absolute atomic E-state index is 5.77. The van der Waals surface area contributed by atoms with Crippen LogP contribution >= 0.6 is 11.6 Å². The average molecular weight is 387 g/mol. The van der Waals surface area contributed by atoms with Gasteiger partial charge >= 0.3 is 6.01 Å². The molecule has 9 nitrogen and oxygen atoms in total. The summed E-state index contributed by atoms with van der Waals surface area (Å²) in [6, 6.07) is 12.2. The van der Waals surface area contributed by atoms with E-state index in [2.05, 4.69) is 30.7 Å². The monoisotopic (exact) mass is 386 g/mol. The van der Waals surface area contributed by atoms with Crippen LogP contribution < -0.4 is 19.6 Å². The highest BCUT2D eigenvalue weighted by molar-refractivity contribution is 6.29. The number of hydrogen-bond donors (Lipinski definition) is 1. The standard InChI is InChI=1S/C17H15ClN6O3/c1-25-15-9-16(26-2)21-17(20-15)27-12-6-4-3-5-11(12)10-19-23-14-8-7-13(18)22-24-14/h3-10H,1-2H3,(H,23,24). The van der Waals surface area contributed by atoms with Crippen LogP contribution in [0.25, 0.3) is 0 Å². The molecule has 2 aromatic heterocycles. The highest BCUT2D eigenvalue weighted by atomic mass is 35.5. The lowest BCUT2D eigenvalue weighted by molar-refractivity contribution is 0.348. The summed E-state index contributed by atoms with van der Waals surface area (Å²) in [6.07, 6.45) is 1.57. The molecule has 1 N–H and O–H groups in total. The molecule has 0 atom stereocenters. The van der Waals surface area contributed by atoms with E-state index in [4.69, 9.17) is 25.8 Å². The van der Waals surface area contributed by atoms with Gasteiger partial charge in [0.15, 0.2) is 11.0 Å². The van der Waals surface area contributed by atoms with Crippen LogP contribution in [0, 0.1) is 0 Å². The van der Waals surface area contributed by atoms with Crippen molar-refractivity contribution in [1.29, 1.82) is 0 Å². The van der Waals surface area contributed by atoms with Gasteiger partial charge in [0.1, 0.15) is 5.75 Å². The predicted octanol–water partition coefficient (Wildman–Crippen LogP) is 3.18. The molecule has 27 heavy (non-hydrogen) atoms. The minimum Gasteiger partial charge on any atom is -0.481 e. The molecule has 0 fully saturated rings. The zero-order chi connectivity index (χ0) is 19.1. The Kier molecular flexibility index (Phi) is 5.95. The van der Waals surface area contributed by atoms with Crippen molar-refractivity contribution in [3.8, 4) is 23.5 Å². The first-order valence-electron chi connectivity index (χ1n) is 7.70. The Labute approximate surface area is 160 Å². The summed E-state index contributed by atoms with van der Waals surface area (Å²) in [7, 11) is 3.00. The van der Waals surface area contributed by atoms with E-state index < -0.39 is 0 Å². The molecule has 2 heterocycles. The van der Waals surface area contributed by atoms with Crippen molar-refractivity contribution in [3.05, 3.63) is 53.2 Å². The van der Waals surface area contributed by atoms with Gasteiger partial charge in [-0.3, -0.25) is 5.43 Å². The quantitative estimate of drug-likeness (QED) is 0.487. The number of para-hydroxylation sites is 1. The van der Waals surface area contributed by atoms with Crippen LogP contribution in [0.5, 0.6) is 23.5 Å². The molecule has 0 saturated heterocycles. The van der Waals surface area contributed by atoms with Crippen LogP contribution in [0.1, 0.15) is 5.56 Å². The molecule has 0 aliphatic heterocycles. The number of aromatic nitrogens is 4. The van der Waals surface area contributed by atoms with Gasteiger partial charge in [-0.25, -0.2) is 0 Å². The molecule has 0 aliphatic rings. The van der Waals surface area contributed by atoms with E-state index in [9.17, 15) is 0 Å². The third kappa shape index (κ3) is 5.02. The highest BCUT2D eigenvalue weighted by Crippen LogP contribution is 2.25. The molecule has 0 spiro atoms. The van der Waals surface area contributed by atoms with Crippen LogP contribution in [0.2, 0.25) is 5.15 Å². The minimum atomic E-state index is 0.0866. The summed E-state index contributed by atoms with van der Waals surface area (Å²) in [5, 5.41) is 12.0. The van der Waals surface area contributed by atoms with Gasteiger partial charge in [-0.2, -0.15) is 15.1 Å². The molecular formula is C17H15ClN6O3. The molecule has 0 radical (unpaired) electrons. The van der Waals surface area contributed by atoms with Gasteiger partial charge in [-0.05, 0) is 24.3 Å². The summed E-state index contributed by atoms with van der Waals surface area (Å²) in [5.74, 6) is 1.60. The summed E-state index contributed by atoms with van der Waals surface area (Å²) >= 11 is 5.70. The smallest absolute Gasteiger partial charge is 0.328 e. The van der Waals surface area contributed by atoms with E-state index >= 15 is 0 Å². The van der Waals surface area contributed by atoms with Gasteiger partial charge in [0.05, 0.1) is 26.5 Å². The van der Waals surface area contributed by atoms with Crippen molar-refractivity contribution in [2.75, 3.05) is 19.6 Å². The summed E-state index contributed by atoms with van der Waals surface area (Å²) in [5.41, 5.74) is 3.45. The summed E-state index contributed by atoms with van der Waals surface area (Å²) < 4.78 is 16.0. The third-order valence-corrected chi connectivity index (χ3v) is 3.41. The van der Waals surface area contributed by atoms with Gasteiger partial charge in [0.25, 0.3) is 0 Å². The van der Waals surface area contributed by atoms with E-state index in [0.29, 0.717) is 34.0 Å². The lowest BCUT2D eigenvalue weighted by Gasteiger charge is -2.09. The van der Waals surface area contributed by atoms with Crippen LogP contribution in [0.3, 0.4) is 0 Å². The van der Waals surface area contributed by atoms with Crippen molar-refractivity contribution >= 4 is 23.6 Å². The number of ether oxygens (including phenoxy) is 3. The number of rotatable bonds is 7. The van der Waals surface area contributed by atoms with Crippen LogP contribution in [0.4, 0.5) is 5.82 Å². The fourth-order valence-corrected chi connectivity index (χ4v) is 2.06. The second kappa shape index (κ2) is 8.77. The first kappa shape index (κ1) is 18.3. The number of halogens is 1. The molecule has 0 aliphatic carbocycles. The van der Waals surface area contributed by atoms with E-state index in [1.165, 1.54) is 14.2 Å². The Morgan fingerprint density at radius 1 is 1.00 bits per heavy atom. The van der Waals surface area contributed by atoms with E-state index in [1.807, 2.05) is 18.2 Å². The van der Waals surface area contributed by atoms with E-state index in [0.717, 1.165) is 0 Å². The zero-order valence-electron chi connectivity index (χ0n) is 14.5. The number of hydrogen-bond acceptors (Lipinski definition) is 9. The number of anilines is 1. The van der Waals surface area contributed by atoms with Crippen LogP contribution in [-0.2, 0) is 0 Å². The molecule has 10 heteroatoms. The molecule has 1 aromatic carbocycles. The molecule has 138 valence electrons. The SMILES string of the molecule is COc1cc(OC)nc(Oc2ccccc2C=NNc2ccc(Cl)nn2)n1. The predicted molar refractivity (Wildman–Crippen MR) is 99.9 cm³/mol. The molecule has 0 saturated carbocycles. The Bertz CT molecular complexity index is 914. The number of methoxy groups -OCH3 is 2. The second-order valence-corrected chi connectivity index (χ2v) is 5.37. The van der Waals surface area contributed by atoms with Gasteiger partial charge < -0.3 is 14.2 Å². The average Bonchev–Trinajstić information content (AvgIpc) is 2.70. The highest BCUT2D eigenvalue weighted by Gasteiger charge is 2.09. The van der Waals surface area contributed by atoms with Gasteiger partial charge in [-0.1, -0.05) is 23.7 Å². The molecular weight excluding hydrogens is 372 g/mol. The Morgan fingerprint density at radius 2 is 1.74 bits per heavy atom. The molecule has 3 aromatic rings. The molecule has 0 unspecified atom stereocenters. The largest absolute Gasteiger partial charge is 0.481 e. The molecule has 0 bridgehead atoms. The van der Waals surface area contributed by atoms with Crippen LogP contribution in [-0.4, -0.2) is 40.6 Å². The number of hydrazone groups is 1. The van der Waals surface area contributed by atoms with Crippen molar-refractivity contribution < 1.29 is 14.2 Å². The number of benzene rings is 1. The topological polar surface area (TPSA) is 104 Å². The van der Waals surface area contributed by atoms with Gasteiger partial charge in [0.2, 0.25) is 11.8 Å². The van der Waals surface area contributed by atoms with E-state index in [1.54, 1.807) is 30.5 Å². The lowest BCUT2D eigenvalue weighted by atomic mass is 10.2. The van der Waals surface area contributed by atoms with Crippen molar-refractivity contribution in [3.63, 3.8) is 0 Å². The fraction of sp³-hybridized carbons (Fsp3) is 0.118. The number of nitrogens with one attached hydrogen (secondary N) is 1. The van der Waals surface area contributed by atoms with E-state index in [-0.39, 0.29) is 6.01 Å².